The normalized spacial score (nSPS) is 19.2. The van der Waals surface area contributed by atoms with Crippen LogP contribution in [0.4, 0.5) is 10.2 Å². The maximum Gasteiger partial charge on any atom is 0.337 e. The summed E-state index contributed by atoms with van der Waals surface area (Å²) in [5, 5.41) is 11.2. The Bertz CT molecular complexity index is 1820. The Balaban J connectivity index is 1.61. The van der Waals surface area contributed by atoms with E-state index in [4.69, 9.17) is 19.2 Å². The standard InChI is InChI=1S/C35H42FN5O5/c1-18-15-41(16-19(2)45-18)28-14-26(37-17-38-28)27-13-24-30(23-12-25(36)31-22(20(23)3)10-9-11-44-31)29(21(4)39-33(24)40(27)8)32(34(42)43)46-35(5,6)7/h12-14,17-19,32H,9-11,15-16H2,1-8H3,(H,42,43)/t18-,19+,32-/m0/s1. The van der Waals surface area contributed by atoms with Crippen molar-refractivity contribution in [2.45, 2.75) is 85.2 Å². The molecule has 2 aliphatic rings. The number of hydrogen-bond donors (Lipinski definition) is 1. The third-order valence-electron chi connectivity index (χ3n) is 8.73. The van der Waals surface area contributed by atoms with Gasteiger partial charge in [0, 0.05) is 54.0 Å². The molecule has 0 spiro atoms. The minimum atomic E-state index is -1.35. The van der Waals surface area contributed by atoms with E-state index in [0.29, 0.717) is 65.2 Å². The van der Waals surface area contributed by atoms with Gasteiger partial charge in [0.25, 0.3) is 0 Å². The Labute approximate surface area is 268 Å². The van der Waals surface area contributed by atoms with Gasteiger partial charge in [0.2, 0.25) is 0 Å². The van der Waals surface area contributed by atoms with Gasteiger partial charge in [0.05, 0.1) is 35.8 Å². The molecule has 244 valence electrons. The Hall–Kier alpha value is -4.09. The summed E-state index contributed by atoms with van der Waals surface area (Å²) in [6.45, 7) is 15.1. The zero-order valence-electron chi connectivity index (χ0n) is 27.8. The van der Waals surface area contributed by atoms with E-state index in [1.54, 1.807) is 13.3 Å². The van der Waals surface area contributed by atoms with Crippen LogP contribution in [0.5, 0.6) is 5.75 Å². The highest BCUT2D eigenvalue weighted by molar-refractivity contribution is 6.01. The summed E-state index contributed by atoms with van der Waals surface area (Å²) in [5.41, 5.74) is 4.98. The number of carboxylic acids is 1. The molecule has 1 fully saturated rings. The summed E-state index contributed by atoms with van der Waals surface area (Å²) >= 11 is 0. The topological polar surface area (TPSA) is 112 Å². The number of hydrogen-bond acceptors (Lipinski definition) is 8. The number of benzene rings is 1. The number of carboxylic acid groups (broad SMARTS) is 1. The number of aryl methyl sites for hydroxylation is 2. The number of halogens is 1. The first kappa shape index (κ1) is 31.9. The summed E-state index contributed by atoms with van der Waals surface area (Å²) in [5.74, 6) is -0.561. The van der Waals surface area contributed by atoms with Crippen molar-refractivity contribution in [1.82, 2.24) is 19.5 Å². The predicted octanol–water partition coefficient (Wildman–Crippen LogP) is 6.33. The SMILES string of the molecule is Cc1nc2c(cc(-c3cc(N4C[C@@H](C)O[C@@H](C)C4)ncn3)n2C)c(-c2cc(F)c3c(c2C)CCCO3)c1[C@H](OC(C)(C)C)C(=O)O. The number of aromatic nitrogens is 4. The summed E-state index contributed by atoms with van der Waals surface area (Å²) in [4.78, 5) is 29.2. The molecule has 5 heterocycles. The van der Waals surface area contributed by atoms with Crippen LogP contribution in [0.3, 0.4) is 0 Å². The summed E-state index contributed by atoms with van der Waals surface area (Å²) in [6.07, 6.45) is 1.77. The van der Waals surface area contributed by atoms with Crippen molar-refractivity contribution in [3.8, 4) is 28.3 Å². The average molecular weight is 632 g/mol. The molecule has 10 nitrogen and oxygen atoms in total. The molecule has 11 heteroatoms. The molecular weight excluding hydrogens is 589 g/mol. The first-order chi connectivity index (χ1) is 21.7. The fraction of sp³-hybridized carbons (Fsp3) is 0.486. The number of morpholine rings is 1. The smallest absolute Gasteiger partial charge is 0.337 e. The van der Waals surface area contributed by atoms with Gasteiger partial charge in [-0.25, -0.2) is 24.1 Å². The van der Waals surface area contributed by atoms with Gasteiger partial charge in [-0.15, -0.1) is 0 Å². The number of nitrogens with zero attached hydrogens (tertiary/aromatic N) is 5. The van der Waals surface area contributed by atoms with Crippen LogP contribution in [-0.2, 0) is 27.7 Å². The molecule has 0 radical (unpaired) electrons. The number of ether oxygens (including phenoxy) is 3. The van der Waals surface area contributed by atoms with Crippen LogP contribution < -0.4 is 9.64 Å². The second-order valence-electron chi connectivity index (χ2n) is 13.5. The lowest BCUT2D eigenvalue weighted by atomic mass is 9.86. The van der Waals surface area contributed by atoms with E-state index in [9.17, 15) is 9.90 Å². The molecular formula is C35H42FN5O5. The highest BCUT2D eigenvalue weighted by atomic mass is 19.1. The van der Waals surface area contributed by atoms with E-state index in [0.717, 1.165) is 29.1 Å². The third kappa shape index (κ3) is 5.82. The van der Waals surface area contributed by atoms with E-state index in [2.05, 4.69) is 14.9 Å². The van der Waals surface area contributed by atoms with E-state index < -0.39 is 23.5 Å². The summed E-state index contributed by atoms with van der Waals surface area (Å²) < 4.78 is 35.5. The van der Waals surface area contributed by atoms with Crippen LogP contribution in [0.2, 0.25) is 0 Å². The van der Waals surface area contributed by atoms with Crippen LogP contribution >= 0.6 is 0 Å². The molecule has 0 aliphatic carbocycles. The van der Waals surface area contributed by atoms with Gasteiger partial charge in [-0.05, 0) is 84.6 Å². The van der Waals surface area contributed by atoms with Gasteiger partial charge >= 0.3 is 5.97 Å². The van der Waals surface area contributed by atoms with Crippen molar-refractivity contribution >= 4 is 22.8 Å². The Morgan fingerprint density at radius 2 is 1.85 bits per heavy atom. The molecule has 0 unspecified atom stereocenters. The molecule has 6 rings (SSSR count). The Kier molecular flexibility index (Phi) is 8.27. The lowest BCUT2D eigenvalue weighted by molar-refractivity contribution is -0.160. The van der Waals surface area contributed by atoms with E-state index in [1.165, 1.54) is 6.07 Å². The van der Waals surface area contributed by atoms with Crippen LogP contribution in [0.15, 0.2) is 24.5 Å². The van der Waals surface area contributed by atoms with Crippen molar-refractivity contribution in [2.75, 3.05) is 24.6 Å². The zero-order chi connectivity index (χ0) is 33.1. The van der Waals surface area contributed by atoms with E-state index in [1.807, 2.05) is 65.3 Å². The second kappa shape index (κ2) is 11.9. The molecule has 2 aliphatic heterocycles. The highest BCUT2D eigenvalue weighted by Gasteiger charge is 2.35. The van der Waals surface area contributed by atoms with Crippen molar-refractivity contribution in [1.29, 1.82) is 0 Å². The molecule has 3 aromatic heterocycles. The van der Waals surface area contributed by atoms with E-state index in [-0.39, 0.29) is 18.0 Å². The largest absolute Gasteiger partial charge is 0.490 e. The third-order valence-corrected chi connectivity index (χ3v) is 8.73. The number of fused-ring (bicyclic) bond motifs is 2. The number of anilines is 1. The van der Waals surface area contributed by atoms with Gasteiger partial charge in [-0.1, -0.05) is 0 Å². The van der Waals surface area contributed by atoms with Crippen molar-refractivity contribution in [3.05, 3.63) is 52.7 Å². The van der Waals surface area contributed by atoms with Crippen LogP contribution in [0.1, 0.15) is 69.5 Å². The molecule has 46 heavy (non-hydrogen) atoms. The first-order valence-corrected chi connectivity index (χ1v) is 15.8. The molecule has 0 bridgehead atoms. The van der Waals surface area contributed by atoms with Gasteiger partial charge in [0.1, 0.15) is 17.8 Å². The molecule has 3 atom stereocenters. The maximum absolute atomic E-state index is 15.8. The number of pyridine rings is 1. The van der Waals surface area contributed by atoms with Crippen LogP contribution in [0.25, 0.3) is 33.5 Å². The highest BCUT2D eigenvalue weighted by Crippen LogP contribution is 2.45. The number of carbonyl (C=O) groups is 1. The van der Waals surface area contributed by atoms with Gasteiger partial charge in [0.15, 0.2) is 17.7 Å². The molecule has 1 aromatic carbocycles. The molecule has 1 saturated heterocycles. The van der Waals surface area contributed by atoms with E-state index >= 15 is 4.39 Å². The molecule has 4 aromatic rings. The average Bonchev–Trinajstić information content (AvgIpc) is 3.32. The maximum atomic E-state index is 15.8. The van der Waals surface area contributed by atoms with Crippen molar-refractivity contribution < 1.29 is 28.5 Å². The van der Waals surface area contributed by atoms with Gasteiger partial charge in [-0.3, -0.25) is 0 Å². The zero-order valence-corrected chi connectivity index (χ0v) is 27.8. The van der Waals surface area contributed by atoms with Crippen molar-refractivity contribution in [3.63, 3.8) is 0 Å². The lowest BCUT2D eigenvalue weighted by Gasteiger charge is -2.36. The molecule has 1 N–H and O–H groups in total. The molecule has 0 amide bonds. The summed E-state index contributed by atoms with van der Waals surface area (Å²) in [7, 11) is 1.91. The second-order valence-corrected chi connectivity index (χ2v) is 13.5. The predicted molar refractivity (Wildman–Crippen MR) is 174 cm³/mol. The van der Waals surface area contributed by atoms with Gasteiger partial charge in [-0.2, -0.15) is 0 Å². The fourth-order valence-electron chi connectivity index (χ4n) is 6.84. The molecule has 0 saturated carbocycles. The quantitative estimate of drug-likeness (QED) is 0.261. The Morgan fingerprint density at radius 3 is 2.52 bits per heavy atom. The lowest BCUT2D eigenvalue weighted by Crippen LogP contribution is -2.45. The van der Waals surface area contributed by atoms with Crippen LogP contribution in [-0.4, -0.2) is 68.1 Å². The first-order valence-electron chi connectivity index (χ1n) is 15.8. The van der Waals surface area contributed by atoms with Crippen molar-refractivity contribution in [2.24, 2.45) is 7.05 Å². The minimum absolute atomic E-state index is 0.0658. The fourth-order valence-corrected chi connectivity index (χ4v) is 6.84. The number of aliphatic carboxylic acids is 1. The minimum Gasteiger partial charge on any atom is -0.490 e. The van der Waals surface area contributed by atoms with Crippen LogP contribution in [0, 0.1) is 19.7 Å². The Morgan fingerprint density at radius 1 is 1.13 bits per heavy atom. The summed E-state index contributed by atoms with van der Waals surface area (Å²) in [6, 6.07) is 5.38. The van der Waals surface area contributed by atoms with Gasteiger partial charge < -0.3 is 28.8 Å². The number of rotatable bonds is 6. The monoisotopic (exact) mass is 631 g/mol.